The van der Waals surface area contributed by atoms with Crippen molar-refractivity contribution in [2.45, 2.75) is 19.9 Å². The fourth-order valence-electron chi connectivity index (χ4n) is 4.27. The number of aromatic nitrogens is 4. The third-order valence-electron chi connectivity index (χ3n) is 5.93. The Hall–Kier alpha value is -4.37. The van der Waals surface area contributed by atoms with Crippen LogP contribution in [0.15, 0.2) is 78.3 Å². The number of fused-ring (bicyclic) bond motifs is 1. The molecule has 4 aromatic rings. The van der Waals surface area contributed by atoms with Gasteiger partial charge in [0.2, 0.25) is 5.95 Å². The van der Waals surface area contributed by atoms with Gasteiger partial charge in [-0.2, -0.15) is 4.98 Å². The second-order valence-electron chi connectivity index (χ2n) is 8.29. The molecule has 1 unspecified atom stereocenters. The van der Waals surface area contributed by atoms with Crippen molar-refractivity contribution in [1.29, 1.82) is 0 Å². The van der Waals surface area contributed by atoms with Crippen LogP contribution < -0.4 is 20.1 Å². The van der Waals surface area contributed by atoms with E-state index in [1.54, 1.807) is 42.4 Å². The zero-order valence-electron chi connectivity index (χ0n) is 20.5. The maximum absolute atomic E-state index is 13.7. The number of pyridine rings is 1. The highest BCUT2D eigenvalue weighted by atomic mass is 35.5. The van der Waals surface area contributed by atoms with Crippen LogP contribution in [-0.4, -0.2) is 39.4 Å². The van der Waals surface area contributed by atoms with E-state index in [9.17, 15) is 4.79 Å². The summed E-state index contributed by atoms with van der Waals surface area (Å²) >= 11 is 6.44. The smallest absolute Gasteiger partial charge is 0.255 e. The lowest BCUT2D eigenvalue weighted by Gasteiger charge is -2.29. The lowest BCUT2D eigenvalue weighted by molar-refractivity contribution is -0.113. The summed E-state index contributed by atoms with van der Waals surface area (Å²) in [5, 5.41) is 11.5. The van der Waals surface area contributed by atoms with Gasteiger partial charge in [-0.1, -0.05) is 29.8 Å². The Labute approximate surface area is 219 Å². The number of ether oxygens (including phenoxy) is 2. The number of methoxy groups -OCH3 is 1. The Morgan fingerprint density at radius 1 is 1.16 bits per heavy atom. The average Bonchev–Trinajstić information content (AvgIpc) is 3.32. The Morgan fingerprint density at radius 3 is 2.73 bits per heavy atom. The summed E-state index contributed by atoms with van der Waals surface area (Å²) in [6.07, 6.45) is 3.24. The number of benzene rings is 2. The van der Waals surface area contributed by atoms with Crippen molar-refractivity contribution in [3.63, 3.8) is 0 Å². The molecule has 10 heteroatoms. The highest BCUT2D eigenvalue weighted by Gasteiger charge is 2.35. The fraction of sp³-hybridized carbons (Fsp3) is 0.185. The van der Waals surface area contributed by atoms with E-state index in [1.165, 1.54) is 0 Å². The zero-order valence-corrected chi connectivity index (χ0v) is 21.3. The third kappa shape index (κ3) is 4.73. The first-order chi connectivity index (χ1) is 18.0. The number of nitrogens with zero attached hydrogens (tertiary/aromatic N) is 4. The predicted octanol–water partition coefficient (Wildman–Crippen LogP) is 5.33. The van der Waals surface area contributed by atoms with Gasteiger partial charge >= 0.3 is 0 Å². The van der Waals surface area contributed by atoms with Crippen molar-refractivity contribution in [1.82, 2.24) is 19.7 Å². The molecule has 0 fully saturated rings. The molecular formula is C27H25ClN6O3. The molecule has 1 amide bonds. The van der Waals surface area contributed by atoms with E-state index in [2.05, 4.69) is 15.6 Å². The first-order valence-corrected chi connectivity index (χ1v) is 12.1. The molecule has 0 saturated heterocycles. The molecule has 188 valence electrons. The van der Waals surface area contributed by atoms with Crippen molar-refractivity contribution in [2.24, 2.45) is 0 Å². The van der Waals surface area contributed by atoms with Crippen LogP contribution in [0.5, 0.6) is 11.5 Å². The molecule has 5 rings (SSSR count). The molecular weight excluding hydrogens is 492 g/mol. The normalized spacial score (nSPS) is 14.5. The Balaban J connectivity index is 1.64. The molecule has 2 aromatic heterocycles. The van der Waals surface area contributed by atoms with Crippen LogP contribution in [-0.2, 0) is 4.79 Å². The Kier molecular flexibility index (Phi) is 6.78. The summed E-state index contributed by atoms with van der Waals surface area (Å²) in [5.41, 5.74) is 3.16. The molecule has 0 radical (unpaired) electrons. The maximum atomic E-state index is 13.7. The van der Waals surface area contributed by atoms with Gasteiger partial charge < -0.3 is 20.1 Å². The van der Waals surface area contributed by atoms with E-state index in [-0.39, 0.29) is 5.91 Å². The summed E-state index contributed by atoms with van der Waals surface area (Å²) in [6, 6.07) is 15.9. The number of rotatable bonds is 7. The lowest BCUT2D eigenvalue weighted by atomic mass is 9.94. The van der Waals surface area contributed by atoms with Crippen LogP contribution in [0.25, 0.3) is 11.4 Å². The predicted molar refractivity (Wildman–Crippen MR) is 142 cm³/mol. The largest absolute Gasteiger partial charge is 0.493 e. The zero-order chi connectivity index (χ0) is 25.9. The van der Waals surface area contributed by atoms with Gasteiger partial charge in [0.15, 0.2) is 17.3 Å². The summed E-state index contributed by atoms with van der Waals surface area (Å²) < 4.78 is 13.0. The molecule has 2 aromatic carbocycles. The van der Waals surface area contributed by atoms with Gasteiger partial charge in [-0.3, -0.25) is 9.78 Å². The number of amides is 1. The quantitative estimate of drug-likeness (QED) is 0.342. The number of hydrogen-bond donors (Lipinski definition) is 2. The minimum absolute atomic E-state index is 0.295. The molecule has 0 bridgehead atoms. The molecule has 1 aliphatic rings. The topological polar surface area (TPSA) is 103 Å². The number of carbonyl (C=O) groups is 1. The van der Waals surface area contributed by atoms with Gasteiger partial charge in [-0.05, 0) is 55.8 Å². The molecule has 0 spiro atoms. The highest BCUT2D eigenvalue weighted by molar-refractivity contribution is 6.33. The molecule has 2 N–H and O–H groups in total. The molecule has 0 saturated carbocycles. The van der Waals surface area contributed by atoms with Gasteiger partial charge in [0.1, 0.15) is 6.04 Å². The lowest BCUT2D eigenvalue weighted by Crippen LogP contribution is -2.31. The van der Waals surface area contributed by atoms with E-state index in [0.717, 1.165) is 5.56 Å². The number of hydrogen-bond acceptors (Lipinski definition) is 7. The standard InChI is InChI=1S/C27H25ClN6O3/c1-4-37-21-12-11-17(14-22(21)36-3)24-23(26(35)31-18-8-7-13-29-15-18)16(2)30-27-32-25(33-34(24)27)19-9-5-6-10-20(19)28/h5-15,24H,4H2,1-3H3,(H,31,35)(H,30,32,33). The van der Waals surface area contributed by atoms with Crippen LogP contribution in [0.4, 0.5) is 11.6 Å². The highest BCUT2D eigenvalue weighted by Crippen LogP contribution is 2.40. The minimum Gasteiger partial charge on any atom is -0.493 e. The number of nitrogens with one attached hydrogen (secondary N) is 2. The molecule has 37 heavy (non-hydrogen) atoms. The summed E-state index contributed by atoms with van der Waals surface area (Å²) in [4.78, 5) is 22.4. The minimum atomic E-state index is -0.610. The van der Waals surface area contributed by atoms with Crippen LogP contribution in [0.1, 0.15) is 25.5 Å². The van der Waals surface area contributed by atoms with Gasteiger partial charge in [0.05, 0.1) is 36.2 Å². The average molecular weight is 517 g/mol. The van der Waals surface area contributed by atoms with Crippen molar-refractivity contribution in [2.75, 3.05) is 24.4 Å². The van der Waals surface area contributed by atoms with Crippen molar-refractivity contribution < 1.29 is 14.3 Å². The molecule has 9 nitrogen and oxygen atoms in total. The Bertz CT molecular complexity index is 1480. The molecule has 1 aliphatic heterocycles. The summed E-state index contributed by atoms with van der Waals surface area (Å²) in [6.45, 7) is 4.24. The number of anilines is 2. The first-order valence-electron chi connectivity index (χ1n) is 11.7. The number of carbonyl (C=O) groups excluding carboxylic acids is 1. The number of halogens is 1. The first kappa shape index (κ1) is 24.3. The van der Waals surface area contributed by atoms with Gasteiger partial charge in [-0.25, -0.2) is 4.68 Å². The van der Waals surface area contributed by atoms with E-state index in [4.69, 9.17) is 31.2 Å². The van der Waals surface area contributed by atoms with Gasteiger partial charge in [-0.15, -0.1) is 5.10 Å². The van der Waals surface area contributed by atoms with Crippen LogP contribution in [0.2, 0.25) is 5.02 Å². The maximum Gasteiger partial charge on any atom is 0.255 e. The molecule has 3 heterocycles. The van der Waals surface area contributed by atoms with Crippen LogP contribution in [0, 0.1) is 0 Å². The van der Waals surface area contributed by atoms with Crippen molar-refractivity contribution >= 4 is 29.1 Å². The second kappa shape index (κ2) is 10.3. The van der Waals surface area contributed by atoms with E-state index < -0.39 is 6.04 Å². The van der Waals surface area contributed by atoms with Crippen molar-refractivity contribution in [3.8, 4) is 22.9 Å². The van der Waals surface area contributed by atoms with E-state index in [0.29, 0.717) is 57.4 Å². The van der Waals surface area contributed by atoms with Crippen LogP contribution in [0.3, 0.4) is 0 Å². The SMILES string of the molecule is CCOc1ccc(C2C(C(=O)Nc3cccnc3)=C(C)Nc3nc(-c4ccccc4Cl)nn32)cc1OC. The van der Waals surface area contributed by atoms with Crippen LogP contribution >= 0.6 is 11.6 Å². The third-order valence-corrected chi connectivity index (χ3v) is 6.26. The van der Waals surface area contributed by atoms with Gasteiger partial charge in [0.25, 0.3) is 5.91 Å². The monoisotopic (exact) mass is 516 g/mol. The van der Waals surface area contributed by atoms with Crippen molar-refractivity contribution in [3.05, 3.63) is 88.8 Å². The van der Waals surface area contributed by atoms with E-state index >= 15 is 0 Å². The number of allylic oxidation sites excluding steroid dienone is 1. The van der Waals surface area contributed by atoms with Gasteiger partial charge in [0, 0.05) is 17.5 Å². The molecule has 0 aliphatic carbocycles. The summed E-state index contributed by atoms with van der Waals surface area (Å²) in [5.74, 6) is 1.80. The summed E-state index contributed by atoms with van der Waals surface area (Å²) in [7, 11) is 1.58. The molecule has 1 atom stereocenters. The fourth-order valence-corrected chi connectivity index (χ4v) is 4.49. The Morgan fingerprint density at radius 2 is 2.00 bits per heavy atom. The van der Waals surface area contributed by atoms with E-state index in [1.807, 2.05) is 50.2 Å². The second-order valence-corrected chi connectivity index (χ2v) is 8.70.